The van der Waals surface area contributed by atoms with E-state index in [1.807, 2.05) is 20.2 Å². The Hall–Kier alpha value is -1.39. The molecule has 2 aromatic rings. The first kappa shape index (κ1) is 13.1. The summed E-state index contributed by atoms with van der Waals surface area (Å²) in [7, 11) is 3.75. The molecule has 0 fully saturated rings. The Morgan fingerprint density at radius 3 is 2.83 bits per heavy atom. The van der Waals surface area contributed by atoms with Gasteiger partial charge in [0.15, 0.2) is 0 Å². The number of rotatable bonds is 0. The van der Waals surface area contributed by atoms with Crippen LogP contribution in [0, 0.1) is 5.92 Å². The van der Waals surface area contributed by atoms with Crippen molar-refractivity contribution in [1.82, 2.24) is 15.1 Å². The second-order valence-electron chi connectivity index (χ2n) is 4.77. The third-order valence-corrected chi connectivity index (χ3v) is 2.88. The van der Waals surface area contributed by atoms with Gasteiger partial charge in [0, 0.05) is 11.9 Å². The van der Waals surface area contributed by atoms with Gasteiger partial charge in [-0.3, -0.25) is 4.68 Å². The highest BCUT2D eigenvalue weighted by atomic mass is 16.5. The maximum absolute atomic E-state index is 5.64. The van der Waals surface area contributed by atoms with Crippen molar-refractivity contribution in [1.29, 1.82) is 0 Å². The van der Waals surface area contributed by atoms with E-state index in [1.54, 1.807) is 0 Å². The van der Waals surface area contributed by atoms with Crippen molar-refractivity contribution < 1.29 is 4.74 Å². The maximum atomic E-state index is 5.64. The first-order valence-electron chi connectivity index (χ1n) is 6.37. The number of nitrogens with zero attached hydrogens (tertiary/aromatic N) is 2. The highest BCUT2D eigenvalue weighted by molar-refractivity contribution is 5.81. The molecule has 1 unspecified atom stereocenters. The zero-order valence-electron chi connectivity index (χ0n) is 11.3. The fourth-order valence-electron chi connectivity index (χ4n) is 2.14. The Kier molecular flexibility index (Phi) is 4.33. The molecule has 1 aliphatic heterocycles. The number of hydrogen-bond acceptors (Lipinski definition) is 3. The van der Waals surface area contributed by atoms with Crippen molar-refractivity contribution in [3.05, 3.63) is 30.0 Å². The van der Waals surface area contributed by atoms with Crippen LogP contribution in [0.1, 0.15) is 12.6 Å². The number of benzene rings is 1. The third kappa shape index (κ3) is 2.71. The SMILES string of the molecule is CC1COCc2c3ccccc3nn2C1.CNC. The van der Waals surface area contributed by atoms with Crippen LogP contribution in [0.2, 0.25) is 0 Å². The molecule has 1 N–H and O–H groups in total. The molecule has 98 valence electrons. The quantitative estimate of drug-likeness (QED) is 0.774. The minimum absolute atomic E-state index is 0.542. The number of ether oxygens (including phenoxy) is 1. The summed E-state index contributed by atoms with van der Waals surface area (Å²) in [5, 5.41) is 8.58. The lowest BCUT2D eigenvalue weighted by molar-refractivity contribution is 0.101. The van der Waals surface area contributed by atoms with Crippen molar-refractivity contribution in [2.45, 2.75) is 20.1 Å². The summed E-state index contributed by atoms with van der Waals surface area (Å²) in [5.74, 6) is 0.542. The molecule has 4 nitrogen and oxygen atoms in total. The van der Waals surface area contributed by atoms with Gasteiger partial charge in [-0.15, -0.1) is 0 Å². The van der Waals surface area contributed by atoms with Gasteiger partial charge in [-0.05, 0) is 26.1 Å². The monoisotopic (exact) mass is 247 g/mol. The van der Waals surface area contributed by atoms with Crippen LogP contribution in [0.25, 0.3) is 10.9 Å². The van der Waals surface area contributed by atoms with E-state index >= 15 is 0 Å². The lowest BCUT2D eigenvalue weighted by Gasteiger charge is -2.05. The van der Waals surface area contributed by atoms with Crippen LogP contribution >= 0.6 is 0 Å². The lowest BCUT2D eigenvalue weighted by Crippen LogP contribution is -2.10. The van der Waals surface area contributed by atoms with Crippen molar-refractivity contribution in [3.63, 3.8) is 0 Å². The topological polar surface area (TPSA) is 39.1 Å². The maximum Gasteiger partial charge on any atom is 0.0927 e. The van der Waals surface area contributed by atoms with Crippen LogP contribution in [-0.2, 0) is 17.9 Å². The summed E-state index contributed by atoms with van der Waals surface area (Å²) in [6, 6.07) is 8.26. The summed E-state index contributed by atoms with van der Waals surface area (Å²) in [5.41, 5.74) is 2.29. The van der Waals surface area contributed by atoms with Gasteiger partial charge in [-0.2, -0.15) is 5.10 Å². The average Bonchev–Trinajstić information content (AvgIpc) is 2.58. The smallest absolute Gasteiger partial charge is 0.0927 e. The van der Waals surface area contributed by atoms with Crippen molar-refractivity contribution in [3.8, 4) is 0 Å². The molecule has 0 saturated carbocycles. The molecule has 18 heavy (non-hydrogen) atoms. The van der Waals surface area contributed by atoms with E-state index < -0.39 is 0 Å². The van der Waals surface area contributed by atoms with Gasteiger partial charge in [0.2, 0.25) is 0 Å². The van der Waals surface area contributed by atoms with E-state index in [1.165, 1.54) is 11.1 Å². The van der Waals surface area contributed by atoms with Crippen LogP contribution < -0.4 is 5.32 Å². The Morgan fingerprint density at radius 1 is 1.33 bits per heavy atom. The normalized spacial score (nSPS) is 18.7. The van der Waals surface area contributed by atoms with Crippen molar-refractivity contribution in [2.24, 2.45) is 5.92 Å². The fourth-order valence-corrected chi connectivity index (χ4v) is 2.14. The van der Waals surface area contributed by atoms with E-state index in [0.29, 0.717) is 12.5 Å². The van der Waals surface area contributed by atoms with E-state index in [9.17, 15) is 0 Å². The molecule has 1 aromatic heterocycles. The van der Waals surface area contributed by atoms with E-state index in [0.717, 1.165) is 18.7 Å². The standard InChI is InChI=1S/C12H14N2O.C2H7N/c1-9-6-14-12(8-15-7-9)10-4-2-3-5-11(10)13-14;1-3-2/h2-5,9H,6-8H2,1H3;3H,1-2H3. The molecule has 1 aromatic carbocycles. The molecule has 1 aliphatic rings. The molecule has 0 radical (unpaired) electrons. The highest BCUT2D eigenvalue weighted by Gasteiger charge is 2.17. The molecule has 0 aliphatic carbocycles. The van der Waals surface area contributed by atoms with E-state index in [-0.39, 0.29) is 0 Å². The summed E-state index contributed by atoms with van der Waals surface area (Å²) in [4.78, 5) is 0. The van der Waals surface area contributed by atoms with Crippen molar-refractivity contribution >= 4 is 10.9 Å². The van der Waals surface area contributed by atoms with Gasteiger partial charge < -0.3 is 10.1 Å². The molecule has 0 amide bonds. The number of hydrogen-bond donors (Lipinski definition) is 1. The van der Waals surface area contributed by atoms with E-state index in [4.69, 9.17) is 4.74 Å². The summed E-state index contributed by atoms with van der Waals surface area (Å²) in [6.45, 7) is 4.67. The summed E-state index contributed by atoms with van der Waals surface area (Å²) >= 11 is 0. The highest BCUT2D eigenvalue weighted by Crippen LogP contribution is 2.22. The molecule has 0 bridgehead atoms. The largest absolute Gasteiger partial charge is 0.375 e. The van der Waals surface area contributed by atoms with Crippen molar-refractivity contribution in [2.75, 3.05) is 20.7 Å². The first-order chi connectivity index (χ1) is 8.76. The average molecular weight is 247 g/mol. The van der Waals surface area contributed by atoms with Crippen LogP contribution in [0.4, 0.5) is 0 Å². The number of fused-ring (bicyclic) bond motifs is 3. The molecule has 1 atom stereocenters. The van der Waals surface area contributed by atoms with Crippen LogP contribution in [0.3, 0.4) is 0 Å². The lowest BCUT2D eigenvalue weighted by atomic mass is 10.2. The Morgan fingerprint density at radius 2 is 2.06 bits per heavy atom. The summed E-state index contributed by atoms with van der Waals surface area (Å²) in [6.07, 6.45) is 0. The zero-order valence-corrected chi connectivity index (χ0v) is 11.3. The molecule has 0 saturated heterocycles. The van der Waals surface area contributed by atoms with E-state index in [2.05, 4.69) is 40.2 Å². The van der Waals surface area contributed by atoms with Crippen LogP contribution in [0.5, 0.6) is 0 Å². The van der Waals surface area contributed by atoms with Gasteiger partial charge in [-0.1, -0.05) is 25.1 Å². The second-order valence-corrected chi connectivity index (χ2v) is 4.77. The molecular formula is C14H21N3O. The predicted molar refractivity (Wildman–Crippen MR) is 73.5 cm³/mol. The Labute approximate surface area is 108 Å². The second kappa shape index (κ2) is 5.98. The molecule has 0 spiro atoms. The molecule has 3 rings (SSSR count). The number of nitrogens with one attached hydrogen (secondary N) is 1. The van der Waals surface area contributed by atoms with Gasteiger partial charge >= 0.3 is 0 Å². The van der Waals surface area contributed by atoms with Gasteiger partial charge in [0.25, 0.3) is 0 Å². The zero-order chi connectivity index (χ0) is 13.0. The van der Waals surface area contributed by atoms with Crippen LogP contribution in [0.15, 0.2) is 24.3 Å². The molecular weight excluding hydrogens is 226 g/mol. The minimum Gasteiger partial charge on any atom is -0.375 e. The molecule has 2 heterocycles. The van der Waals surface area contributed by atoms with Gasteiger partial charge in [-0.25, -0.2) is 0 Å². The molecule has 4 heteroatoms. The minimum atomic E-state index is 0.542. The predicted octanol–water partition coefficient (Wildman–Crippen LogP) is 2.04. The van der Waals surface area contributed by atoms with Gasteiger partial charge in [0.1, 0.15) is 0 Å². The summed E-state index contributed by atoms with van der Waals surface area (Å²) < 4.78 is 7.74. The first-order valence-corrected chi connectivity index (χ1v) is 6.37. The fraction of sp³-hybridized carbons (Fsp3) is 0.500. The Bertz CT molecular complexity index is 507. The number of aromatic nitrogens is 2. The third-order valence-electron chi connectivity index (χ3n) is 2.88. The van der Waals surface area contributed by atoms with Gasteiger partial charge in [0.05, 0.1) is 24.4 Å². The van der Waals surface area contributed by atoms with Crippen LogP contribution in [-0.4, -0.2) is 30.5 Å². The Balaban J connectivity index is 0.000000367.